The number of ether oxygens (including phenoxy) is 4. The van der Waals surface area contributed by atoms with Crippen LogP contribution in [0, 0.1) is 57.7 Å². The maximum absolute atomic E-state index is 14.5. The number of aliphatic hydroxyl groups excluding tert-OH is 2. The van der Waals surface area contributed by atoms with Crippen LogP contribution in [0.5, 0.6) is 0 Å². The first-order chi connectivity index (χ1) is 21.5. The molecule has 2 aliphatic heterocycles. The van der Waals surface area contributed by atoms with Crippen molar-refractivity contribution >= 4 is 29.7 Å². The SMILES string of the molecule is CC(=O)O[C@@H]1C[C@]2(C)C3C([C@H](O)C2C2C(=O)[C@H](O)C4C[C@@H]5O[C@@H]5[C@H](OC(C)=O)[C@]4(C)C21)[C@@]12C[C@@]1(O)C(=O)OC2=CC[C@H]3CC(=O)O. The third-order valence-corrected chi connectivity index (χ3v) is 13.9. The van der Waals surface area contributed by atoms with Gasteiger partial charge in [0, 0.05) is 61.7 Å². The molecule has 2 heterocycles. The topological polar surface area (TPSA) is 206 Å². The van der Waals surface area contributed by atoms with Crippen LogP contribution in [0.2, 0.25) is 0 Å². The number of hydrogen-bond donors (Lipinski definition) is 4. The summed E-state index contributed by atoms with van der Waals surface area (Å²) in [5.41, 5.74) is -5.34. The number of aliphatic carboxylic acids is 1. The first-order valence-electron chi connectivity index (χ1n) is 16.3. The van der Waals surface area contributed by atoms with Gasteiger partial charge in [-0.05, 0) is 42.6 Å². The summed E-state index contributed by atoms with van der Waals surface area (Å²) in [6.45, 7) is 6.24. The summed E-state index contributed by atoms with van der Waals surface area (Å²) in [6.07, 6.45) is -3.33. The van der Waals surface area contributed by atoms with Crippen LogP contribution >= 0.6 is 0 Å². The number of carboxylic acid groups (broad SMARTS) is 1. The van der Waals surface area contributed by atoms with Gasteiger partial charge < -0.3 is 39.4 Å². The van der Waals surface area contributed by atoms with Gasteiger partial charge in [-0.25, -0.2) is 4.79 Å². The monoisotopic (exact) mass is 644 g/mol. The van der Waals surface area contributed by atoms with Crippen LogP contribution < -0.4 is 0 Å². The van der Waals surface area contributed by atoms with E-state index in [1.807, 2.05) is 13.8 Å². The van der Waals surface area contributed by atoms with E-state index in [9.17, 15) is 44.4 Å². The van der Waals surface area contributed by atoms with Gasteiger partial charge in [-0.1, -0.05) is 13.8 Å². The Morgan fingerprint density at radius 1 is 1.02 bits per heavy atom. The fraction of sp³-hybridized carbons (Fsp3) is 0.788. The molecule has 13 heteroatoms. The number of fused-ring (bicyclic) bond motifs is 8. The zero-order valence-corrected chi connectivity index (χ0v) is 26.1. The average Bonchev–Trinajstić information content (AvgIpc) is 3.83. The molecule has 17 atom stereocenters. The molecule has 0 aromatic heterocycles. The Kier molecular flexibility index (Phi) is 6.08. The summed E-state index contributed by atoms with van der Waals surface area (Å²) in [7, 11) is 0. The van der Waals surface area contributed by atoms with Crippen LogP contribution in [0.25, 0.3) is 0 Å². The number of hydrogen-bond acceptors (Lipinski definition) is 12. The molecule has 0 radical (unpaired) electrons. The number of aliphatic hydroxyl groups is 3. The number of carbonyl (C=O) groups excluding carboxylic acids is 4. The molecule has 250 valence electrons. The molecule has 2 saturated heterocycles. The highest BCUT2D eigenvalue weighted by Gasteiger charge is 2.88. The fourth-order valence-electron chi connectivity index (χ4n) is 12.4. The lowest BCUT2D eigenvalue weighted by molar-refractivity contribution is -0.236. The van der Waals surface area contributed by atoms with Crippen molar-refractivity contribution in [2.45, 2.75) is 102 Å². The summed E-state index contributed by atoms with van der Waals surface area (Å²) >= 11 is 0. The predicted octanol–water partition coefficient (Wildman–Crippen LogP) is 0.509. The number of rotatable bonds is 4. The predicted molar refractivity (Wildman–Crippen MR) is 150 cm³/mol. The molecule has 0 amide bonds. The molecule has 1 spiro atoms. The number of Topliss-reactive ketones (excluding diaryl/α,β-unsaturated/α-hetero) is 1. The highest BCUT2D eigenvalue weighted by Crippen LogP contribution is 2.80. The van der Waals surface area contributed by atoms with Gasteiger partial charge in [-0.3, -0.25) is 19.2 Å². The summed E-state index contributed by atoms with van der Waals surface area (Å²) in [5, 5.41) is 45.9. The van der Waals surface area contributed by atoms with Crippen LogP contribution in [0.1, 0.15) is 59.8 Å². The van der Waals surface area contributed by atoms with Gasteiger partial charge in [-0.2, -0.15) is 0 Å². The van der Waals surface area contributed by atoms with E-state index in [0.717, 1.165) is 0 Å². The van der Waals surface area contributed by atoms with Crippen molar-refractivity contribution < 1.29 is 63.3 Å². The first kappa shape index (κ1) is 30.5. The number of esters is 3. The third kappa shape index (κ3) is 3.47. The summed E-state index contributed by atoms with van der Waals surface area (Å²) in [6, 6.07) is 0. The molecule has 4 N–H and O–H groups in total. The van der Waals surface area contributed by atoms with Gasteiger partial charge >= 0.3 is 23.9 Å². The second kappa shape index (κ2) is 9.18. The lowest BCUT2D eigenvalue weighted by atomic mass is 9.42. The van der Waals surface area contributed by atoms with Crippen molar-refractivity contribution in [1.29, 1.82) is 0 Å². The minimum absolute atomic E-state index is 0.00174. The fourth-order valence-corrected chi connectivity index (χ4v) is 12.4. The van der Waals surface area contributed by atoms with Crippen molar-refractivity contribution in [3.8, 4) is 0 Å². The minimum Gasteiger partial charge on any atom is -0.481 e. The Hall–Kier alpha value is -2.87. The van der Waals surface area contributed by atoms with Crippen molar-refractivity contribution in [3.05, 3.63) is 11.8 Å². The van der Waals surface area contributed by atoms with Crippen molar-refractivity contribution in [2.75, 3.05) is 0 Å². The van der Waals surface area contributed by atoms with Crippen molar-refractivity contribution in [1.82, 2.24) is 0 Å². The zero-order valence-electron chi connectivity index (χ0n) is 26.1. The van der Waals surface area contributed by atoms with Crippen LogP contribution in [-0.2, 0) is 42.9 Å². The molecular weight excluding hydrogens is 604 g/mol. The lowest BCUT2D eigenvalue weighted by Gasteiger charge is -2.63. The highest BCUT2D eigenvalue weighted by atomic mass is 16.6. The summed E-state index contributed by atoms with van der Waals surface area (Å²) < 4.78 is 23.4. The molecule has 0 aromatic rings. The van der Waals surface area contributed by atoms with Crippen LogP contribution in [0.3, 0.4) is 0 Å². The Morgan fingerprint density at radius 3 is 2.35 bits per heavy atom. The molecule has 0 aromatic carbocycles. The Bertz CT molecular complexity index is 1510. The molecular formula is C33H40O13. The van der Waals surface area contributed by atoms with E-state index in [-0.39, 0.29) is 37.5 Å². The highest BCUT2D eigenvalue weighted by molar-refractivity contribution is 5.91. The van der Waals surface area contributed by atoms with Crippen molar-refractivity contribution in [3.63, 3.8) is 0 Å². The number of carbonyl (C=O) groups is 5. The lowest BCUT2D eigenvalue weighted by Crippen LogP contribution is -2.71. The van der Waals surface area contributed by atoms with Gasteiger partial charge in [-0.15, -0.1) is 0 Å². The van der Waals surface area contributed by atoms with Crippen LogP contribution in [0.4, 0.5) is 0 Å². The number of epoxide rings is 1. The number of carboxylic acids is 1. The van der Waals surface area contributed by atoms with E-state index in [4.69, 9.17) is 18.9 Å². The molecule has 0 bridgehead atoms. The van der Waals surface area contributed by atoms with Gasteiger partial charge in [0.05, 0.1) is 17.6 Å². The van der Waals surface area contributed by atoms with Crippen LogP contribution in [0.15, 0.2) is 11.8 Å². The van der Waals surface area contributed by atoms with Crippen LogP contribution in [-0.4, -0.2) is 92.3 Å². The molecule has 8 rings (SSSR count). The molecule has 6 aliphatic carbocycles. The molecule has 5 saturated carbocycles. The second-order valence-corrected chi connectivity index (χ2v) is 15.8. The summed E-state index contributed by atoms with van der Waals surface area (Å²) in [4.78, 5) is 64.9. The molecule has 46 heavy (non-hydrogen) atoms. The largest absolute Gasteiger partial charge is 0.481 e. The quantitative estimate of drug-likeness (QED) is 0.187. The van der Waals surface area contributed by atoms with E-state index < -0.39 is 123 Å². The van der Waals surface area contributed by atoms with Gasteiger partial charge in [0.15, 0.2) is 11.4 Å². The zero-order chi connectivity index (χ0) is 33.0. The standard InChI is InChI=1S/C33H40O13/c1-11(34)43-16-9-30(3)20-13(7-18(36)37)5-6-17-32(10-33(32,42)29(41)46-17)23(20)26(40)22(30)19-21(16)31(4)14(24(38)25(19)39)8-15-27(45-15)28(31)44-12(2)35/h6,13-16,19-24,26-28,38,40,42H,5,7-10H2,1-4H3,(H,36,37)/t13-,14?,15-,16+,19?,20?,21?,22?,23?,24+,26+,27-,28-,30+,31-,32-,33+/m0/s1. The van der Waals surface area contributed by atoms with E-state index in [0.29, 0.717) is 6.42 Å². The third-order valence-electron chi connectivity index (χ3n) is 13.9. The minimum atomic E-state index is -1.89. The maximum atomic E-state index is 14.5. The van der Waals surface area contributed by atoms with Gasteiger partial charge in [0.1, 0.15) is 30.2 Å². The van der Waals surface area contributed by atoms with E-state index in [2.05, 4.69) is 0 Å². The van der Waals surface area contributed by atoms with Gasteiger partial charge in [0.2, 0.25) is 0 Å². The molecule has 8 aliphatic rings. The Morgan fingerprint density at radius 2 is 1.72 bits per heavy atom. The molecule has 7 fully saturated rings. The Labute approximate surface area is 264 Å². The number of ketones is 1. The average molecular weight is 645 g/mol. The molecule has 6 unspecified atom stereocenters. The number of allylic oxidation sites excluding steroid dienone is 1. The van der Waals surface area contributed by atoms with E-state index in [1.54, 1.807) is 6.08 Å². The Balaban J connectivity index is 1.32. The molecule has 13 nitrogen and oxygen atoms in total. The van der Waals surface area contributed by atoms with Gasteiger partial charge in [0.25, 0.3) is 0 Å². The maximum Gasteiger partial charge on any atom is 0.344 e. The second-order valence-electron chi connectivity index (χ2n) is 15.8. The smallest absolute Gasteiger partial charge is 0.344 e. The first-order valence-corrected chi connectivity index (χ1v) is 16.3. The van der Waals surface area contributed by atoms with E-state index >= 15 is 0 Å². The summed E-state index contributed by atoms with van der Waals surface area (Å²) in [5.74, 6) is -8.88. The van der Waals surface area contributed by atoms with E-state index in [1.165, 1.54) is 13.8 Å². The van der Waals surface area contributed by atoms with Crippen molar-refractivity contribution in [2.24, 2.45) is 57.7 Å². The normalized spacial score (nSPS) is 55.4.